The van der Waals surface area contributed by atoms with Gasteiger partial charge in [-0.2, -0.15) is 0 Å². The first-order valence-corrected chi connectivity index (χ1v) is 6.36. The van der Waals surface area contributed by atoms with Crippen LogP contribution in [-0.4, -0.2) is 15.8 Å². The number of imidazole rings is 1. The molecule has 96 valence electrons. The van der Waals surface area contributed by atoms with Crippen molar-refractivity contribution in [2.24, 2.45) is 0 Å². The fraction of sp³-hybridized carbons (Fsp3) is 0.0769. The maximum atomic E-state index is 12.3. The molecule has 6 heteroatoms. The Labute approximate surface area is 115 Å². The topological polar surface area (TPSA) is 78.9 Å². The van der Waals surface area contributed by atoms with Crippen LogP contribution in [0.3, 0.4) is 0 Å². The highest BCUT2D eigenvalue weighted by molar-refractivity contribution is 9.10. The van der Waals surface area contributed by atoms with Gasteiger partial charge in [0.05, 0.1) is 11.0 Å². The molecule has 0 fully saturated rings. The van der Waals surface area contributed by atoms with Crippen LogP contribution >= 0.6 is 15.9 Å². The molecule has 19 heavy (non-hydrogen) atoms. The van der Waals surface area contributed by atoms with Gasteiger partial charge in [0.15, 0.2) is 5.76 Å². The number of hydrogen-bond acceptors (Lipinski definition) is 3. The molecule has 2 N–H and O–H groups in total. The van der Waals surface area contributed by atoms with Gasteiger partial charge < -0.3 is 14.4 Å². The molecule has 0 aliphatic carbocycles. The number of carbonyl (C=O) groups excluding carboxylic acids is 1. The first-order valence-electron chi connectivity index (χ1n) is 5.57. The summed E-state index contributed by atoms with van der Waals surface area (Å²) in [5.41, 5.74) is 1.36. The smallest absolute Gasteiger partial charge is 0.323 e. The number of benzene rings is 1. The van der Waals surface area contributed by atoms with Gasteiger partial charge in [0.2, 0.25) is 5.78 Å². The van der Waals surface area contributed by atoms with E-state index in [1.165, 1.54) is 0 Å². The lowest BCUT2D eigenvalue weighted by Crippen LogP contribution is -2.01. The van der Waals surface area contributed by atoms with Crippen molar-refractivity contribution in [3.63, 3.8) is 0 Å². The maximum Gasteiger partial charge on any atom is 0.323 e. The van der Waals surface area contributed by atoms with Crippen molar-refractivity contribution in [3.05, 3.63) is 56.3 Å². The number of carbonyl (C=O) groups is 1. The third kappa shape index (κ3) is 2.04. The summed E-state index contributed by atoms with van der Waals surface area (Å²) < 4.78 is 5.93. The molecule has 2 aromatic heterocycles. The predicted molar refractivity (Wildman–Crippen MR) is 73.5 cm³/mol. The fourth-order valence-electron chi connectivity index (χ4n) is 1.92. The lowest BCUT2D eigenvalue weighted by molar-refractivity contribution is 0.101. The van der Waals surface area contributed by atoms with Crippen LogP contribution in [-0.2, 0) is 0 Å². The Hall–Kier alpha value is -2.08. The summed E-state index contributed by atoms with van der Waals surface area (Å²) in [7, 11) is 0. The molecule has 1 aromatic carbocycles. The number of aromatic amines is 2. The number of aryl methyl sites for hydroxylation is 1. The van der Waals surface area contributed by atoms with Crippen LogP contribution < -0.4 is 5.69 Å². The van der Waals surface area contributed by atoms with Crippen molar-refractivity contribution < 1.29 is 9.21 Å². The Balaban J connectivity index is 2.16. The van der Waals surface area contributed by atoms with E-state index in [2.05, 4.69) is 25.9 Å². The highest BCUT2D eigenvalue weighted by Crippen LogP contribution is 2.24. The van der Waals surface area contributed by atoms with E-state index in [9.17, 15) is 9.59 Å². The molecule has 0 bridgehead atoms. The number of aromatic nitrogens is 2. The van der Waals surface area contributed by atoms with Gasteiger partial charge in [-0.25, -0.2) is 4.79 Å². The molecule has 0 spiro atoms. The zero-order valence-electron chi connectivity index (χ0n) is 9.91. The van der Waals surface area contributed by atoms with E-state index >= 15 is 0 Å². The maximum absolute atomic E-state index is 12.3. The molecule has 0 aliphatic heterocycles. The van der Waals surface area contributed by atoms with Crippen molar-refractivity contribution in [1.29, 1.82) is 0 Å². The molecule has 0 saturated heterocycles. The highest BCUT2D eigenvalue weighted by Gasteiger charge is 2.17. The van der Waals surface area contributed by atoms with Gasteiger partial charge in [-0.15, -0.1) is 0 Å². The molecular weight excluding hydrogens is 312 g/mol. The van der Waals surface area contributed by atoms with Gasteiger partial charge in [-0.3, -0.25) is 4.79 Å². The molecule has 3 rings (SSSR count). The van der Waals surface area contributed by atoms with E-state index < -0.39 is 0 Å². The van der Waals surface area contributed by atoms with Crippen molar-refractivity contribution in [2.45, 2.75) is 6.92 Å². The van der Waals surface area contributed by atoms with E-state index in [0.29, 0.717) is 26.8 Å². The lowest BCUT2D eigenvalue weighted by atomic mass is 10.1. The quantitative estimate of drug-likeness (QED) is 0.712. The van der Waals surface area contributed by atoms with E-state index in [-0.39, 0.29) is 17.2 Å². The first-order chi connectivity index (χ1) is 9.04. The minimum absolute atomic E-state index is 0.232. The molecule has 3 aromatic rings. The Bertz CT molecular complexity index is 841. The normalized spacial score (nSPS) is 11.1. The lowest BCUT2D eigenvalue weighted by Gasteiger charge is -2.02. The molecule has 0 unspecified atom stereocenters. The standard InChI is InChI=1S/C13H9BrN2O3/c1-6-2-3-11(19-6)12(17)7-4-9-10(5-8(7)14)16-13(18)15-9/h2-5H,1H3,(H2,15,16,18). The van der Waals surface area contributed by atoms with E-state index in [1.54, 1.807) is 31.2 Å². The SMILES string of the molecule is Cc1ccc(C(=O)c2cc3[nH]c(=O)[nH]c3cc2Br)o1. The highest BCUT2D eigenvalue weighted by atomic mass is 79.9. The summed E-state index contributed by atoms with van der Waals surface area (Å²) in [4.78, 5) is 28.8. The Kier molecular flexibility index (Phi) is 2.67. The number of ketones is 1. The van der Waals surface area contributed by atoms with Crippen LogP contribution in [0.4, 0.5) is 0 Å². The Morgan fingerprint density at radius 1 is 1.21 bits per heavy atom. The minimum Gasteiger partial charge on any atom is -0.458 e. The first kappa shape index (κ1) is 12.0. The Morgan fingerprint density at radius 3 is 2.53 bits per heavy atom. The van der Waals surface area contributed by atoms with Crippen LogP contribution in [0.25, 0.3) is 11.0 Å². The van der Waals surface area contributed by atoms with Gasteiger partial charge in [0.1, 0.15) is 5.76 Å². The van der Waals surface area contributed by atoms with Gasteiger partial charge in [0.25, 0.3) is 0 Å². The van der Waals surface area contributed by atoms with Crippen molar-refractivity contribution in [1.82, 2.24) is 9.97 Å². The number of fused-ring (bicyclic) bond motifs is 1. The minimum atomic E-state index is -0.305. The fourth-order valence-corrected chi connectivity index (χ4v) is 2.44. The van der Waals surface area contributed by atoms with Gasteiger partial charge in [-0.05, 0) is 47.1 Å². The summed E-state index contributed by atoms with van der Waals surface area (Å²) in [5, 5.41) is 0. The molecule has 0 atom stereocenters. The number of hydrogen-bond donors (Lipinski definition) is 2. The van der Waals surface area contributed by atoms with Crippen LogP contribution in [0.15, 0.2) is 37.9 Å². The molecule has 5 nitrogen and oxygen atoms in total. The van der Waals surface area contributed by atoms with E-state index in [0.717, 1.165) is 0 Å². The second kappa shape index (κ2) is 4.24. The summed E-state index contributed by atoms with van der Waals surface area (Å²) in [6, 6.07) is 6.68. The predicted octanol–water partition coefficient (Wildman–Crippen LogP) is 2.75. The zero-order chi connectivity index (χ0) is 13.6. The van der Waals surface area contributed by atoms with Crippen LogP contribution in [0, 0.1) is 6.92 Å². The largest absolute Gasteiger partial charge is 0.458 e. The summed E-state index contributed by atoms with van der Waals surface area (Å²) in [6.45, 7) is 1.78. The summed E-state index contributed by atoms with van der Waals surface area (Å²) in [5.74, 6) is 0.718. The summed E-state index contributed by atoms with van der Waals surface area (Å²) >= 11 is 3.33. The van der Waals surface area contributed by atoms with E-state index in [1.807, 2.05) is 0 Å². The van der Waals surface area contributed by atoms with Gasteiger partial charge in [0, 0.05) is 10.0 Å². The molecule has 2 heterocycles. The van der Waals surface area contributed by atoms with Crippen LogP contribution in [0.1, 0.15) is 21.9 Å². The average Bonchev–Trinajstić information content (AvgIpc) is 2.92. The van der Waals surface area contributed by atoms with Crippen LogP contribution in [0.5, 0.6) is 0 Å². The third-order valence-corrected chi connectivity index (χ3v) is 3.47. The molecular formula is C13H9BrN2O3. The monoisotopic (exact) mass is 320 g/mol. The van der Waals surface area contributed by atoms with Gasteiger partial charge >= 0.3 is 5.69 Å². The third-order valence-electron chi connectivity index (χ3n) is 2.81. The van der Waals surface area contributed by atoms with E-state index in [4.69, 9.17) is 4.42 Å². The number of furan rings is 1. The number of halogens is 1. The average molecular weight is 321 g/mol. The van der Waals surface area contributed by atoms with Gasteiger partial charge in [-0.1, -0.05) is 0 Å². The van der Waals surface area contributed by atoms with Crippen molar-refractivity contribution >= 4 is 32.7 Å². The number of nitrogens with one attached hydrogen (secondary N) is 2. The molecule has 0 radical (unpaired) electrons. The molecule has 0 saturated carbocycles. The second-order valence-corrected chi connectivity index (χ2v) is 5.05. The van der Waals surface area contributed by atoms with Crippen LogP contribution in [0.2, 0.25) is 0 Å². The number of H-pyrrole nitrogens is 2. The summed E-state index contributed by atoms with van der Waals surface area (Å²) in [6.07, 6.45) is 0. The number of rotatable bonds is 2. The molecule has 0 amide bonds. The second-order valence-electron chi connectivity index (χ2n) is 4.20. The zero-order valence-corrected chi connectivity index (χ0v) is 11.5. The Morgan fingerprint density at radius 2 is 1.89 bits per heavy atom. The van der Waals surface area contributed by atoms with Crippen molar-refractivity contribution in [3.8, 4) is 0 Å². The molecule has 0 aliphatic rings. The van der Waals surface area contributed by atoms with Crippen molar-refractivity contribution in [2.75, 3.05) is 0 Å².